The molecule has 0 aliphatic heterocycles. The van der Waals surface area contributed by atoms with Crippen LogP contribution in [0.1, 0.15) is 5.76 Å². The molecule has 0 bridgehead atoms. The molecule has 0 saturated carbocycles. The highest BCUT2D eigenvalue weighted by molar-refractivity contribution is 8.01. The minimum Gasteiger partial charge on any atom is -0.465 e. The van der Waals surface area contributed by atoms with Crippen LogP contribution in [0.25, 0.3) is 16.3 Å². The van der Waals surface area contributed by atoms with Gasteiger partial charge >= 0.3 is 0 Å². The molecule has 0 fully saturated rings. The molecule has 0 aliphatic rings. The van der Waals surface area contributed by atoms with Gasteiger partial charge < -0.3 is 4.42 Å². The van der Waals surface area contributed by atoms with Gasteiger partial charge in [-0.2, -0.15) is 5.10 Å². The predicted octanol–water partition coefficient (Wildman–Crippen LogP) is 3.80. The van der Waals surface area contributed by atoms with Crippen molar-refractivity contribution in [3.8, 4) is 0 Å². The molecule has 1 aromatic carbocycles. The van der Waals surface area contributed by atoms with Crippen LogP contribution in [0, 0.1) is 0 Å². The van der Waals surface area contributed by atoms with Crippen molar-refractivity contribution in [3.05, 3.63) is 54.5 Å². The number of hydrogen-bond donors (Lipinski definition) is 1. The summed E-state index contributed by atoms with van der Waals surface area (Å²) >= 11 is 2.99. The molecule has 3 aromatic rings. The van der Waals surface area contributed by atoms with E-state index < -0.39 is 0 Å². The smallest absolute Gasteiger partial charge is 0.250 e. The van der Waals surface area contributed by atoms with Gasteiger partial charge in [-0.15, -0.1) is 11.3 Å². The molecule has 0 atom stereocenters. The number of amides is 1. The van der Waals surface area contributed by atoms with E-state index in [1.54, 1.807) is 35.8 Å². The van der Waals surface area contributed by atoms with E-state index in [1.165, 1.54) is 18.0 Å². The number of hydrazone groups is 1. The lowest BCUT2D eigenvalue weighted by Crippen LogP contribution is -2.19. The second-order valence-corrected chi connectivity index (χ2v) is 6.68. The number of allylic oxidation sites excluding steroid dienone is 1. The molecule has 23 heavy (non-hydrogen) atoms. The normalized spacial score (nSPS) is 11.7. The zero-order valence-electron chi connectivity index (χ0n) is 12.0. The summed E-state index contributed by atoms with van der Waals surface area (Å²) in [6.45, 7) is 0. The van der Waals surface area contributed by atoms with Crippen molar-refractivity contribution < 1.29 is 9.21 Å². The molecule has 0 unspecified atom stereocenters. The first-order valence-corrected chi connectivity index (χ1v) is 8.62. The Balaban J connectivity index is 1.44. The third-order valence-corrected chi connectivity index (χ3v) is 4.93. The number of nitrogens with zero attached hydrogens (tertiary/aromatic N) is 2. The summed E-state index contributed by atoms with van der Waals surface area (Å²) in [5, 5.41) is 3.84. The number of aromatic nitrogens is 1. The van der Waals surface area contributed by atoms with Crippen molar-refractivity contribution in [2.75, 3.05) is 5.75 Å². The molecule has 0 aliphatic carbocycles. The maximum atomic E-state index is 11.7. The number of thiazole rings is 1. The number of hydrogen-bond acceptors (Lipinski definition) is 6. The summed E-state index contributed by atoms with van der Waals surface area (Å²) in [7, 11) is 0. The Morgan fingerprint density at radius 3 is 3.09 bits per heavy atom. The first kappa shape index (κ1) is 15.5. The monoisotopic (exact) mass is 343 g/mol. The van der Waals surface area contributed by atoms with E-state index in [2.05, 4.69) is 15.5 Å². The Kier molecular flexibility index (Phi) is 5.23. The number of furan rings is 1. The molecule has 1 amide bonds. The van der Waals surface area contributed by atoms with Crippen molar-refractivity contribution in [3.63, 3.8) is 0 Å². The third-order valence-electron chi connectivity index (χ3n) is 2.75. The fraction of sp³-hybridized carbons (Fsp3) is 0.0625. The molecular weight excluding hydrogens is 330 g/mol. The Morgan fingerprint density at radius 2 is 2.26 bits per heavy atom. The van der Waals surface area contributed by atoms with E-state index in [9.17, 15) is 4.79 Å². The van der Waals surface area contributed by atoms with Crippen LogP contribution in [-0.2, 0) is 4.79 Å². The average molecular weight is 343 g/mol. The molecule has 0 saturated heterocycles. The minimum atomic E-state index is -0.170. The number of nitrogens with one attached hydrogen (secondary N) is 1. The third kappa shape index (κ3) is 4.54. The van der Waals surface area contributed by atoms with Crippen LogP contribution in [0.5, 0.6) is 0 Å². The summed E-state index contributed by atoms with van der Waals surface area (Å²) in [6.07, 6.45) is 6.55. The maximum Gasteiger partial charge on any atom is 0.250 e. The van der Waals surface area contributed by atoms with E-state index in [1.807, 2.05) is 30.3 Å². The van der Waals surface area contributed by atoms with Gasteiger partial charge in [0.1, 0.15) is 5.76 Å². The van der Waals surface area contributed by atoms with Gasteiger partial charge in [0.05, 0.1) is 22.2 Å². The van der Waals surface area contributed by atoms with Gasteiger partial charge in [0.25, 0.3) is 5.91 Å². The van der Waals surface area contributed by atoms with Crippen molar-refractivity contribution >= 4 is 51.5 Å². The van der Waals surface area contributed by atoms with Crippen LogP contribution in [0.2, 0.25) is 0 Å². The van der Waals surface area contributed by atoms with Crippen molar-refractivity contribution in [2.45, 2.75) is 4.34 Å². The van der Waals surface area contributed by atoms with Gasteiger partial charge in [-0.1, -0.05) is 23.9 Å². The number of benzene rings is 1. The van der Waals surface area contributed by atoms with Gasteiger partial charge in [0, 0.05) is 6.21 Å². The van der Waals surface area contributed by atoms with Gasteiger partial charge in [0.15, 0.2) is 4.34 Å². The highest BCUT2D eigenvalue weighted by atomic mass is 32.2. The molecule has 5 nitrogen and oxygen atoms in total. The van der Waals surface area contributed by atoms with Gasteiger partial charge in [0.2, 0.25) is 0 Å². The van der Waals surface area contributed by atoms with Crippen LogP contribution in [0.15, 0.2) is 62.6 Å². The zero-order valence-corrected chi connectivity index (χ0v) is 13.6. The Hall–Kier alpha value is -2.38. The number of thioether (sulfide) groups is 1. The SMILES string of the molecule is O=C(CSc1nc2ccccc2s1)N/N=C\C=C/c1ccco1. The number of fused-ring (bicyclic) bond motifs is 1. The van der Waals surface area contributed by atoms with Crippen molar-refractivity contribution in [2.24, 2.45) is 5.10 Å². The van der Waals surface area contributed by atoms with E-state index in [4.69, 9.17) is 4.42 Å². The second-order valence-electron chi connectivity index (χ2n) is 4.42. The Morgan fingerprint density at radius 1 is 1.35 bits per heavy atom. The highest BCUT2D eigenvalue weighted by Gasteiger charge is 2.06. The summed E-state index contributed by atoms with van der Waals surface area (Å²) in [5.41, 5.74) is 3.43. The molecule has 7 heteroatoms. The fourth-order valence-electron chi connectivity index (χ4n) is 1.75. The lowest BCUT2D eigenvalue weighted by Gasteiger charge is -1.96. The standard InChI is InChI=1S/C16H13N3O2S2/c20-15(19-17-9-3-5-12-6-4-10-21-12)11-22-16-18-13-7-1-2-8-14(13)23-16/h1-10H,11H2,(H,19,20)/b5-3-,17-9-. The lowest BCUT2D eigenvalue weighted by molar-refractivity contribution is -0.118. The molecule has 0 spiro atoms. The van der Waals surface area contributed by atoms with Gasteiger partial charge in [-0.05, 0) is 36.4 Å². The van der Waals surface area contributed by atoms with Crippen molar-refractivity contribution in [1.29, 1.82) is 0 Å². The number of carbonyl (C=O) groups excluding carboxylic acids is 1. The van der Waals surface area contributed by atoms with Crippen molar-refractivity contribution in [1.82, 2.24) is 10.4 Å². The van der Waals surface area contributed by atoms with E-state index >= 15 is 0 Å². The summed E-state index contributed by atoms with van der Waals surface area (Å²) < 4.78 is 7.13. The molecule has 2 aromatic heterocycles. The highest BCUT2D eigenvalue weighted by Crippen LogP contribution is 2.28. The van der Waals surface area contributed by atoms with Crippen LogP contribution < -0.4 is 5.43 Å². The van der Waals surface area contributed by atoms with Crippen LogP contribution in [-0.4, -0.2) is 22.9 Å². The van der Waals surface area contributed by atoms with Crippen LogP contribution in [0.4, 0.5) is 0 Å². The lowest BCUT2D eigenvalue weighted by atomic mass is 10.3. The van der Waals surface area contributed by atoms with Gasteiger partial charge in [-0.3, -0.25) is 4.79 Å². The molecule has 116 valence electrons. The fourth-order valence-corrected chi connectivity index (χ4v) is 3.61. The van der Waals surface area contributed by atoms with E-state index in [0.29, 0.717) is 0 Å². The summed E-state index contributed by atoms with van der Waals surface area (Å²) in [4.78, 5) is 16.2. The molecule has 2 heterocycles. The van der Waals surface area contributed by atoms with E-state index in [-0.39, 0.29) is 11.7 Å². The Bertz CT molecular complexity index is 805. The first-order chi connectivity index (χ1) is 11.3. The van der Waals surface area contributed by atoms with E-state index in [0.717, 1.165) is 20.3 Å². The number of rotatable bonds is 6. The quantitative estimate of drug-likeness (QED) is 0.420. The molecule has 1 N–H and O–H groups in total. The first-order valence-electron chi connectivity index (χ1n) is 6.82. The summed E-state index contributed by atoms with van der Waals surface area (Å²) in [6, 6.07) is 11.6. The zero-order chi connectivity index (χ0) is 15.9. The maximum absolute atomic E-state index is 11.7. The average Bonchev–Trinajstić information content (AvgIpc) is 3.21. The largest absolute Gasteiger partial charge is 0.465 e. The number of para-hydroxylation sites is 1. The second kappa shape index (κ2) is 7.75. The van der Waals surface area contributed by atoms with Crippen LogP contribution >= 0.6 is 23.1 Å². The predicted molar refractivity (Wildman–Crippen MR) is 94.7 cm³/mol. The topological polar surface area (TPSA) is 67.5 Å². The molecule has 0 radical (unpaired) electrons. The molecule has 3 rings (SSSR count). The van der Waals surface area contributed by atoms with Crippen LogP contribution in [0.3, 0.4) is 0 Å². The molecular formula is C16H13N3O2S2. The Labute approximate surface area is 141 Å². The number of carbonyl (C=O) groups is 1. The minimum absolute atomic E-state index is 0.170. The van der Waals surface area contributed by atoms with Gasteiger partial charge in [-0.25, -0.2) is 10.4 Å². The summed E-state index contributed by atoms with van der Waals surface area (Å²) in [5.74, 6) is 0.838.